The van der Waals surface area contributed by atoms with Crippen molar-refractivity contribution < 1.29 is 14.3 Å². The fourth-order valence-electron chi connectivity index (χ4n) is 2.67. The summed E-state index contributed by atoms with van der Waals surface area (Å²) in [5, 5.41) is 8.30. The molecule has 0 aliphatic carbocycles. The SMILES string of the molecule is CC(C)(C)c1ccc(NC(=O)NCC2CN(c3cccs3)C(=O)O2)cc1. The zero-order chi connectivity index (χ0) is 18.7. The van der Waals surface area contributed by atoms with Gasteiger partial charge >= 0.3 is 12.1 Å². The van der Waals surface area contributed by atoms with Crippen LogP contribution in [0.15, 0.2) is 41.8 Å². The van der Waals surface area contributed by atoms with Crippen molar-refractivity contribution in [1.29, 1.82) is 0 Å². The summed E-state index contributed by atoms with van der Waals surface area (Å²) in [4.78, 5) is 25.6. The Morgan fingerprint density at radius 2 is 2.00 bits per heavy atom. The van der Waals surface area contributed by atoms with Crippen LogP contribution in [0.2, 0.25) is 0 Å². The van der Waals surface area contributed by atoms with Gasteiger partial charge in [0.2, 0.25) is 0 Å². The number of anilines is 2. The second-order valence-electron chi connectivity index (χ2n) is 7.23. The van der Waals surface area contributed by atoms with E-state index in [9.17, 15) is 9.59 Å². The minimum Gasteiger partial charge on any atom is -0.442 e. The van der Waals surface area contributed by atoms with E-state index in [4.69, 9.17) is 4.74 Å². The first-order valence-corrected chi connectivity index (χ1v) is 9.38. The summed E-state index contributed by atoms with van der Waals surface area (Å²) in [6.45, 7) is 7.12. The van der Waals surface area contributed by atoms with Crippen LogP contribution in [-0.4, -0.2) is 31.3 Å². The number of rotatable bonds is 4. The lowest BCUT2D eigenvalue weighted by Gasteiger charge is -2.19. The summed E-state index contributed by atoms with van der Waals surface area (Å²) >= 11 is 1.48. The van der Waals surface area contributed by atoms with Gasteiger partial charge in [0.25, 0.3) is 0 Å². The second-order valence-corrected chi connectivity index (χ2v) is 8.16. The van der Waals surface area contributed by atoms with Crippen LogP contribution in [0.3, 0.4) is 0 Å². The van der Waals surface area contributed by atoms with Gasteiger partial charge in [0.15, 0.2) is 0 Å². The molecule has 6 nitrogen and oxygen atoms in total. The molecule has 1 aromatic heterocycles. The predicted molar refractivity (Wildman–Crippen MR) is 104 cm³/mol. The lowest BCUT2D eigenvalue weighted by molar-refractivity contribution is 0.141. The highest BCUT2D eigenvalue weighted by molar-refractivity contribution is 7.14. The van der Waals surface area contributed by atoms with Crippen molar-refractivity contribution in [3.63, 3.8) is 0 Å². The van der Waals surface area contributed by atoms with Gasteiger partial charge in [-0.05, 0) is 40.6 Å². The maximum Gasteiger partial charge on any atom is 0.415 e. The zero-order valence-corrected chi connectivity index (χ0v) is 15.9. The fourth-order valence-corrected chi connectivity index (χ4v) is 3.40. The first kappa shape index (κ1) is 18.3. The molecule has 1 aliphatic heterocycles. The van der Waals surface area contributed by atoms with Gasteiger partial charge in [0.05, 0.1) is 13.1 Å². The maximum absolute atomic E-state index is 12.1. The van der Waals surface area contributed by atoms with Crippen LogP contribution < -0.4 is 15.5 Å². The van der Waals surface area contributed by atoms with Crippen LogP contribution in [0.25, 0.3) is 0 Å². The van der Waals surface area contributed by atoms with Crippen molar-refractivity contribution in [2.75, 3.05) is 23.3 Å². The fraction of sp³-hybridized carbons (Fsp3) is 0.368. The number of carbonyl (C=O) groups is 2. The molecule has 1 atom stereocenters. The van der Waals surface area contributed by atoms with E-state index in [1.54, 1.807) is 4.90 Å². The number of carbonyl (C=O) groups excluding carboxylic acids is 2. The Hall–Kier alpha value is -2.54. The molecule has 26 heavy (non-hydrogen) atoms. The molecule has 3 amide bonds. The van der Waals surface area contributed by atoms with E-state index in [1.807, 2.05) is 41.8 Å². The molecule has 0 bridgehead atoms. The molecule has 2 aromatic rings. The molecule has 1 aliphatic rings. The normalized spacial score (nSPS) is 17.1. The molecule has 1 saturated heterocycles. The Morgan fingerprint density at radius 1 is 1.27 bits per heavy atom. The molecule has 0 radical (unpaired) electrons. The second kappa shape index (κ2) is 7.37. The van der Waals surface area contributed by atoms with Crippen LogP contribution >= 0.6 is 11.3 Å². The minimum absolute atomic E-state index is 0.0710. The predicted octanol–water partition coefficient (Wildman–Crippen LogP) is 4.19. The summed E-state index contributed by atoms with van der Waals surface area (Å²) in [6.07, 6.45) is -0.740. The molecule has 138 valence electrons. The summed E-state index contributed by atoms with van der Waals surface area (Å²) in [5.74, 6) is 0. The number of thiophene rings is 1. The number of nitrogens with zero attached hydrogens (tertiary/aromatic N) is 1. The highest BCUT2D eigenvalue weighted by Crippen LogP contribution is 2.26. The molecule has 2 heterocycles. The Labute approximate surface area is 157 Å². The van der Waals surface area contributed by atoms with E-state index in [-0.39, 0.29) is 30.2 Å². The van der Waals surface area contributed by atoms with Crippen molar-refractivity contribution in [2.45, 2.75) is 32.3 Å². The van der Waals surface area contributed by atoms with Crippen LogP contribution in [0, 0.1) is 0 Å². The maximum atomic E-state index is 12.1. The van der Waals surface area contributed by atoms with E-state index in [2.05, 4.69) is 31.4 Å². The van der Waals surface area contributed by atoms with E-state index < -0.39 is 0 Å². The van der Waals surface area contributed by atoms with E-state index in [1.165, 1.54) is 16.9 Å². The molecule has 0 spiro atoms. The number of nitrogens with one attached hydrogen (secondary N) is 2. The third-order valence-electron chi connectivity index (χ3n) is 4.15. The minimum atomic E-state index is -0.377. The number of urea groups is 1. The molecule has 7 heteroatoms. The average Bonchev–Trinajstić information content (AvgIpc) is 3.22. The van der Waals surface area contributed by atoms with Crippen molar-refractivity contribution >= 4 is 34.1 Å². The number of hydrogen-bond acceptors (Lipinski definition) is 4. The lowest BCUT2D eigenvalue weighted by Crippen LogP contribution is -2.37. The first-order valence-electron chi connectivity index (χ1n) is 8.50. The molecule has 1 unspecified atom stereocenters. The van der Waals surface area contributed by atoms with Crippen molar-refractivity contribution in [2.24, 2.45) is 0 Å². The molecule has 1 aromatic carbocycles. The number of amides is 3. The van der Waals surface area contributed by atoms with Crippen molar-refractivity contribution in [1.82, 2.24) is 5.32 Å². The Balaban J connectivity index is 1.48. The molecule has 3 rings (SSSR count). The van der Waals surface area contributed by atoms with Gasteiger partial charge < -0.3 is 15.4 Å². The average molecular weight is 373 g/mol. The van der Waals surface area contributed by atoms with Crippen molar-refractivity contribution in [3.8, 4) is 0 Å². The Bertz CT molecular complexity index is 766. The quantitative estimate of drug-likeness (QED) is 0.844. The van der Waals surface area contributed by atoms with Crippen LogP contribution in [0.5, 0.6) is 0 Å². The number of ether oxygens (including phenoxy) is 1. The molecular formula is C19H23N3O3S. The van der Waals surface area contributed by atoms with Crippen LogP contribution in [-0.2, 0) is 10.2 Å². The third-order valence-corrected chi connectivity index (χ3v) is 5.04. The van der Waals surface area contributed by atoms with Gasteiger partial charge in [0, 0.05) is 5.69 Å². The van der Waals surface area contributed by atoms with Gasteiger partial charge in [-0.3, -0.25) is 4.90 Å². The van der Waals surface area contributed by atoms with Crippen LogP contribution in [0.4, 0.5) is 20.3 Å². The lowest BCUT2D eigenvalue weighted by atomic mass is 9.87. The Morgan fingerprint density at radius 3 is 2.62 bits per heavy atom. The van der Waals surface area contributed by atoms with Crippen molar-refractivity contribution in [3.05, 3.63) is 47.3 Å². The summed E-state index contributed by atoms with van der Waals surface area (Å²) in [6, 6.07) is 11.2. The number of benzene rings is 1. The summed E-state index contributed by atoms with van der Waals surface area (Å²) < 4.78 is 5.30. The smallest absolute Gasteiger partial charge is 0.415 e. The highest BCUT2D eigenvalue weighted by Gasteiger charge is 2.32. The zero-order valence-electron chi connectivity index (χ0n) is 15.1. The summed E-state index contributed by atoms with van der Waals surface area (Å²) in [7, 11) is 0. The van der Waals surface area contributed by atoms with E-state index in [0.717, 1.165) is 10.7 Å². The topological polar surface area (TPSA) is 70.7 Å². The first-order chi connectivity index (χ1) is 12.3. The summed E-state index contributed by atoms with van der Waals surface area (Å²) in [5.41, 5.74) is 2.00. The van der Waals surface area contributed by atoms with Crippen LogP contribution in [0.1, 0.15) is 26.3 Å². The van der Waals surface area contributed by atoms with Gasteiger partial charge in [-0.15, -0.1) is 11.3 Å². The third kappa shape index (κ3) is 4.35. The van der Waals surface area contributed by atoms with Gasteiger partial charge in [-0.2, -0.15) is 0 Å². The molecular weight excluding hydrogens is 350 g/mol. The van der Waals surface area contributed by atoms with E-state index >= 15 is 0 Å². The van der Waals surface area contributed by atoms with Gasteiger partial charge in [0.1, 0.15) is 11.1 Å². The largest absolute Gasteiger partial charge is 0.442 e. The monoisotopic (exact) mass is 373 g/mol. The number of cyclic esters (lactones) is 1. The van der Waals surface area contributed by atoms with Gasteiger partial charge in [-0.1, -0.05) is 32.9 Å². The highest BCUT2D eigenvalue weighted by atomic mass is 32.1. The standard InChI is InChI=1S/C19H23N3O3S/c1-19(2,3)13-6-8-14(9-7-13)21-17(23)20-11-15-12-22(18(24)25-15)16-5-4-10-26-16/h4-10,15H,11-12H2,1-3H3,(H2,20,21,23). The molecule has 0 saturated carbocycles. The Kier molecular flexibility index (Phi) is 5.18. The van der Waals surface area contributed by atoms with E-state index in [0.29, 0.717) is 6.54 Å². The number of hydrogen-bond donors (Lipinski definition) is 2. The van der Waals surface area contributed by atoms with Gasteiger partial charge in [-0.25, -0.2) is 9.59 Å². The molecule has 2 N–H and O–H groups in total. The molecule has 1 fully saturated rings.